The number of likely N-dealkylation sites (tertiary alicyclic amines) is 1. The maximum Gasteiger partial charge on any atom is -0.00183 e. The number of unbranched alkanes of at least 4 members (excludes halogenated alkanes) is 2. The number of allylic oxidation sites excluding steroid dienone is 3. The highest BCUT2D eigenvalue weighted by Gasteiger charge is 2.11. The fourth-order valence-electron chi connectivity index (χ4n) is 4.50. The molecule has 0 N–H and O–H groups in total. The first-order valence-corrected chi connectivity index (χ1v) is 12.2. The van der Waals surface area contributed by atoms with Crippen LogP contribution < -0.4 is 0 Å². The lowest BCUT2D eigenvalue weighted by molar-refractivity contribution is 0.328. The zero-order valence-electron chi connectivity index (χ0n) is 19.3. The van der Waals surface area contributed by atoms with E-state index in [2.05, 4.69) is 61.7 Å². The van der Waals surface area contributed by atoms with Crippen LogP contribution in [-0.2, 0) is 6.42 Å². The lowest BCUT2D eigenvalue weighted by atomic mass is 10.0. The minimum atomic E-state index is 0.887. The second-order valence-corrected chi connectivity index (χ2v) is 9.32. The molecular formula is C28H45N. The van der Waals surface area contributed by atoms with Crippen LogP contribution in [0.3, 0.4) is 0 Å². The molecule has 0 unspecified atom stereocenters. The van der Waals surface area contributed by atoms with E-state index in [0.29, 0.717) is 0 Å². The standard InChI is InChI=1S/C16H22.C12H23N/c1-14-7-6-12-16(13-14)11-5-4-10-15-8-2-3-9-15;1-12(2)8-4-3-5-9-13-10-6-7-11-13/h4,6-7,10,12-13,15H,2-3,5,8-9,11H2,1H3;1,3-11H2,2H3/b10-4+;. The maximum absolute atomic E-state index is 3.92. The van der Waals surface area contributed by atoms with Crippen molar-refractivity contribution < 1.29 is 0 Å². The van der Waals surface area contributed by atoms with Crippen molar-refractivity contribution in [3.05, 3.63) is 59.7 Å². The summed E-state index contributed by atoms with van der Waals surface area (Å²) < 4.78 is 0. The Morgan fingerprint density at radius 1 is 1.07 bits per heavy atom. The third kappa shape index (κ3) is 11.4. The Morgan fingerprint density at radius 2 is 1.83 bits per heavy atom. The molecule has 1 aliphatic carbocycles. The molecule has 1 heteroatoms. The molecule has 1 heterocycles. The summed E-state index contributed by atoms with van der Waals surface area (Å²) >= 11 is 0. The average molecular weight is 396 g/mol. The maximum atomic E-state index is 3.92. The van der Waals surface area contributed by atoms with Gasteiger partial charge < -0.3 is 4.90 Å². The van der Waals surface area contributed by atoms with Crippen LogP contribution in [0.1, 0.15) is 88.7 Å². The van der Waals surface area contributed by atoms with Gasteiger partial charge >= 0.3 is 0 Å². The summed E-state index contributed by atoms with van der Waals surface area (Å²) in [6, 6.07) is 8.85. The van der Waals surface area contributed by atoms with Crippen molar-refractivity contribution in [2.45, 2.75) is 90.9 Å². The quantitative estimate of drug-likeness (QED) is 0.287. The molecule has 162 valence electrons. The number of rotatable bonds is 10. The Bertz CT molecular complexity index is 588. The first-order valence-electron chi connectivity index (χ1n) is 12.2. The van der Waals surface area contributed by atoms with Gasteiger partial charge in [-0.1, -0.05) is 66.8 Å². The molecule has 29 heavy (non-hydrogen) atoms. The van der Waals surface area contributed by atoms with Crippen LogP contribution in [0.5, 0.6) is 0 Å². The second kappa shape index (κ2) is 14.6. The normalized spacial score (nSPS) is 17.6. The summed E-state index contributed by atoms with van der Waals surface area (Å²) in [5.74, 6) is 0.887. The molecule has 0 aromatic heterocycles. The number of benzene rings is 1. The van der Waals surface area contributed by atoms with Crippen molar-refractivity contribution in [1.82, 2.24) is 4.90 Å². The van der Waals surface area contributed by atoms with E-state index in [1.54, 1.807) is 0 Å². The molecule has 1 saturated carbocycles. The molecule has 3 rings (SSSR count). The van der Waals surface area contributed by atoms with Crippen LogP contribution in [0.25, 0.3) is 0 Å². The zero-order chi connectivity index (χ0) is 20.7. The average Bonchev–Trinajstić information content (AvgIpc) is 3.39. The van der Waals surface area contributed by atoms with Crippen LogP contribution in [-0.4, -0.2) is 24.5 Å². The summed E-state index contributed by atoms with van der Waals surface area (Å²) in [5, 5.41) is 0. The summed E-state index contributed by atoms with van der Waals surface area (Å²) in [6.07, 6.45) is 21.1. The third-order valence-corrected chi connectivity index (χ3v) is 6.27. The van der Waals surface area contributed by atoms with Crippen molar-refractivity contribution in [3.63, 3.8) is 0 Å². The molecule has 0 radical (unpaired) electrons. The van der Waals surface area contributed by atoms with Crippen molar-refractivity contribution in [1.29, 1.82) is 0 Å². The van der Waals surface area contributed by atoms with Crippen molar-refractivity contribution in [3.8, 4) is 0 Å². The summed E-state index contributed by atoms with van der Waals surface area (Å²) in [5.41, 5.74) is 4.18. The molecule has 1 nitrogen and oxygen atoms in total. The Hall–Kier alpha value is -1.34. The van der Waals surface area contributed by atoms with Gasteiger partial charge in [-0.15, -0.1) is 6.58 Å². The van der Waals surface area contributed by atoms with Crippen molar-refractivity contribution in [2.75, 3.05) is 19.6 Å². The lowest BCUT2D eigenvalue weighted by Crippen LogP contribution is -2.20. The van der Waals surface area contributed by atoms with Gasteiger partial charge in [-0.25, -0.2) is 0 Å². The fourth-order valence-corrected chi connectivity index (χ4v) is 4.50. The van der Waals surface area contributed by atoms with Gasteiger partial charge in [0.15, 0.2) is 0 Å². The highest BCUT2D eigenvalue weighted by atomic mass is 15.1. The Labute approximate surface area is 181 Å². The van der Waals surface area contributed by atoms with Crippen molar-refractivity contribution >= 4 is 0 Å². The smallest absolute Gasteiger partial charge is 0.00183 e. The van der Waals surface area contributed by atoms with E-state index < -0.39 is 0 Å². The van der Waals surface area contributed by atoms with E-state index in [4.69, 9.17) is 0 Å². The molecule has 0 amide bonds. The molecule has 0 spiro atoms. The van der Waals surface area contributed by atoms with Gasteiger partial charge in [-0.05, 0) is 103 Å². The van der Waals surface area contributed by atoms with Crippen LogP contribution in [0.2, 0.25) is 0 Å². The van der Waals surface area contributed by atoms with E-state index in [9.17, 15) is 0 Å². The van der Waals surface area contributed by atoms with E-state index in [1.807, 2.05) is 0 Å². The molecule has 1 aromatic carbocycles. The van der Waals surface area contributed by atoms with E-state index in [-0.39, 0.29) is 0 Å². The van der Waals surface area contributed by atoms with E-state index in [0.717, 1.165) is 5.92 Å². The first-order chi connectivity index (χ1) is 14.1. The largest absolute Gasteiger partial charge is 0.303 e. The van der Waals surface area contributed by atoms with Gasteiger partial charge in [-0.3, -0.25) is 0 Å². The van der Waals surface area contributed by atoms with Crippen LogP contribution in [0.4, 0.5) is 0 Å². The lowest BCUT2D eigenvalue weighted by Gasteiger charge is -2.13. The second-order valence-electron chi connectivity index (χ2n) is 9.32. The monoisotopic (exact) mass is 395 g/mol. The summed E-state index contributed by atoms with van der Waals surface area (Å²) in [4.78, 5) is 2.60. The van der Waals surface area contributed by atoms with Gasteiger partial charge in [-0.2, -0.15) is 0 Å². The number of hydrogen-bond donors (Lipinski definition) is 0. The van der Waals surface area contributed by atoms with Crippen LogP contribution >= 0.6 is 0 Å². The zero-order valence-corrected chi connectivity index (χ0v) is 19.3. The summed E-state index contributed by atoms with van der Waals surface area (Å²) in [6.45, 7) is 12.2. The van der Waals surface area contributed by atoms with Gasteiger partial charge in [0.25, 0.3) is 0 Å². The van der Waals surface area contributed by atoms with E-state index >= 15 is 0 Å². The van der Waals surface area contributed by atoms with Crippen LogP contribution in [0, 0.1) is 12.8 Å². The summed E-state index contributed by atoms with van der Waals surface area (Å²) in [7, 11) is 0. The predicted molar refractivity (Wildman–Crippen MR) is 130 cm³/mol. The fraction of sp³-hybridized carbons (Fsp3) is 0.643. The predicted octanol–water partition coefficient (Wildman–Crippen LogP) is 7.89. The topological polar surface area (TPSA) is 3.24 Å². The van der Waals surface area contributed by atoms with Crippen LogP contribution in [0.15, 0.2) is 48.6 Å². The molecular weight excluding hydrogens is 350 g/mol. The molecule has 2 fully saturated rings. The SMILES string of the molecule is C=C(C)CCCCCN1CCCC1.Cc1cccc(CC/C=C/C2CCCC2)c1. The highest BCUT2D eigenvalue weighted by Crippen LogP contribution is 2.25. The van der Waals surface area contributed by atoms with E-state index in [1.165, 1.54) is 113 Å². The van der Waals surface area contributed by atoms with Gasteiger partial charge in [0.05, 0.1) is 0 Å². The third-order valence-electron chi connectivity index (χ3n) is 6.27. The molecule has 1 aliphatic heterocycles. The molecule has 1 aromatic rings. The number of aryl methyl sites for hydroxylation is 2. The van der Waals surface area contributed by atoms with Gasteiger partial charge in [0, 0.05) is 0 Å². The first kappa shape index (κ1) is 23.9. The minimum Gasteiger partial charge on any atom is -0.303 e. The molecule has 0 bridgehead atoms. The Morgan fingerprint density at radius 3 is 2.52 bits per heavy atom. The number of hydrogen-bond acceptors (Lipinski definition) is 1. The van der Waals surface area contributed by atoms with Gasteiger partial charge in [0.2, 0.25) is 0 Å². The Balaban J connectivity index is 0.000000212. The minimum absolute atomic E-state index is 0.887. The number of nitrogens with zero attached hydrogens (tertiary/aromatic N) is 1. The Kier molecular flexibility index (Phi) is 12.1. The highest BCUT2D eigenvalue weighted by molar-refractivity contribution is 5.22. The van der Waals surface area contributed by atoms with Gasteiger partial charge in [0.1, 0.15) is 0 Å². The molecule has 2 aliphatic rings. The molecule has 1 saturated heterocycles. The molecule has 0 atom stereocenters. The van der Waals surface area contributed by atoms with Crippen molar-refractivity contribution in [2.24, 2.45) is 5.92 Å².